The molecular formula is C26H31Cl2FN2O4S. The van der Waals surface area contributed by atoms with Crippen LogP contribution in [0.15, 0.2) is 30.3 Å². The van der Waals surface area contributed by atoms with E-state index in [4.69, 9.17) is 27.9 Å². The average molecular weight is 558 g/mol. The zero-order chi connectivity index (χ0) is 26.3. The van der Waals surface area contributed by atoms with Crippen LogP contribution in [0, 0.1) is 11.2 Å². The van der Waals surface area contributed by atoms with Crippen LogP contribution in [0.5, 0.6) is 5.75 Å². The summed E-state index contributed by atoms with van der Waals surface area (Å²) < 4.78 is 45.6. The summed E-state index contributed by atoms with van der Waals surface area (Å²) in [5.74, 6) is -1.16. The van der Waals surface area contributed by atoms with Crippen LogP contribution in [0.3, 0.4) is 0 Å². The lowest BCUT2D eigenvalue weighted by molar-refractivity contribution is 0.0510. The standard InChI is InChI=1S/C26H31Cl2FN2O4S/c1-16(18-6-7-21(27)22(28)12-18)31-10-8-26(2,9-11-31)15-35-24-14-23(29)20(13-19(24)17-4-5-17)25(32)30-36(3,33)34/h6-7,12-14,16-17H,4-5,8-11,15H2,1-3H3,(H,30,32). The first-order chi connectivity index (χ1) is 16.8. The molecule has 1 N–H and O–H groups in total. The van der Waals surface area contributed by atoms with Crippen molar-refractivity contribution in [3.05, 3.63) is 62.9 Å². The SMILES string of the molecule is CC(c1ccc(Cl)c(Cl)c1)N1CCC(C)(COc2cc(F)c(C(=O)NS(C)(=O)=O)cc2C2CC2)CC1. The molecule has 2 aromatic carbocycles. The van der Waals surface area contributed by atoms with Gasteiger partial charge in [-0.15, -0.1) is 0 Å². The number of rotatable bonds is 8. The number of hydrogen-bond donors (Lipinski definition) is 1. The van der Waals surface area contributed by atoms with Crippen molar-refractivity contribution in [1.29, 1.82) is 0 Å². The first kappa shape index (κ1) is 27.2. The molecule has 1 saturated carbocycles. The van der Waals surface area contributed by atoms with Crippen LogP contribution in [0.2, 0.25) is 10.0 Å². The van der Waals surface area contributed by atoms with Crippen molar-refractivity contribution in [3.63, 3.8) is 0 Å². The van der Waals surface area contributed by atoms with E-state index in [9.17, 15) is 17.6 Å². The molecule has 1 atom stereocenters. The quantitative estimate of drug-likeness (QED) is 0.435. The zero-order valence-corrected chi connectivity index (χ0v) is 22.9. The number of carbonyl (C=O) groups is 1. The highest BCUT2D eigenvalue weighted by molar-refractivity contribution is 7.89. The molecule has 1 aliphatic heterocycles. The molecule has 2 fully saturated rings. The number of ether oxygens (including phenoxy) is 1. The van der Waals surface area contributed by atoms with Gasteiger partial charge in [0.15, 0.2) is 0 Å². The molecule has 0 bridgehead atoms. The van der Waals surface area contributed by atoms with Gasteiger partial charge in [-0.1, -0.05) is 36.2 Å². The second-order valence-corrected chi connectivity index (χ2v) is 12.9. The second-order valence-electron chi connectivity index (χ2n) is 10.3. The fourth-order valence-electron chi connectivity index (χ4n) is 4.64. The predicted octanol–water partition coefficient (Wildman–Crippen LogP) is 5.94. The maximum absolute atomic E-state index is 14.8. The van der Waals surface area contributed by atoms with Gasteiger partial charge in [0, 0.05) is 17.5 Å². The van der Waals surface area contributed by atoms with Gasteiger partial charge in [-0.3, -0.25) is 9.69 Å². The molecule has 2 aliphatic rings. The fourth-order valence-corrected chi connectivity index (χ4v) is 5.39. The molecule has 0 aromatic heterocycles. The molecular weight excluding hydrogens is 526 g/mol. The van der Waals surface area contributed by atoms with Crippen LogP contribution < -0.4 is 9.46 Å². The van der Waals surface area contributed by atoms with Crippen LogP contribution in [-0.4, -0.2) is 45.2 Å². The summed E-state index contributed by atoms with van der Waals surface area (Å²) in [6, 6.07) is 8.60. The Morgan fingerprint density at radius 2 is 1.86 bits per heavy atom. The number of halogens is 3. The summed E-state index contributed by atoms with van der Waals surface area (Å²) in [6.07, 6.45) is 4.53. The van der Waals surface area contributed by atoms with Gasteiger partial charge in [0.2, 0.25) is 10.0 Å². The molecule has 36 heavy (non-hydrogen) atoms. The predicted molar refractivity (Wildman–Crippen MR) is 140 cm³/mol. The number of hydrogen-bond acceptors (Lipinski definition) is 5. The van der Waals surface area contributed by atoms with Crippen LogP contribution in [0.25, 0.3) is 0 Å². The van der Waals surface area contributed by atoms with Crippen molar-refractivity contribution in [2.75, 3.05) is 26.0 Å². The summed E-state index contributed by atoms with van der Waals surface area (Å²) >= 11 is 12.3. The maximum Gasteiger partial charge on any atom is 0.267 e. The van der Waals surface area contributed by atoms with E-state index in [1.807, 2.05) is 22.9 Å². The molecule has 0 radical (unpaired) electrons. The van der Waals surface area contributed by atoms with E-state index in [-0.39, 0.29) is 22.9 Å². The second kappa shape index (κ2) is 10.5. The Labute approximate surface area is 222 Å². The molecule has 10 heteroatoms. The normalized spacial score (nSPS) is 19.1. The highest BCUT2D eigenvalue weighted by atomic mass is 35.5. The van der Waals surface area contributed by atoms with Gasteiger partial charge in [-0.05, 0) is 80.9 Å². The molecule has 1 saturated heterocycles. The number of nitrogens with one attached hydrogen (secondary N) is 1. The molecule has 4 rings (SSSR count). The Morgan fingerprint density at radius 1 is 1.19 bits per heavy atom. The molecule has 196 valence electrons. The van der Waals surface area contributed by atoms with Crippen molar-refractivity contribution in [2.45, 2.75) is 51.5 Å². The number of benzene rings is 2. The topological polar surface area (TPSA) is 75.7 Å². The average Bonchev–Trinajstić information content (AvgIpc) is 3.64. The van der Waals surface area contributed by atoms with E-state index in [0.717, 1.165) is 56.2 Å². The molecule has 1 unspecified atom stereocenters. The first-order valence-electron chi connectivity index (χ1n) is 12.0. The Hall–Kier alpha value is -1.87. The van der Waals surface area contributed by atoms with Gasteiger partial charge >= 0.3 is 0 Å². The summed E-state index contributed by atoms with van der Waals surface area (Å²) in [7, 11) is -3.80. The Morgan fingerprint density at radius 3 is 2.44 bits per heavy atom. The van der Waals surface area contributed by atoms with Crippen molar-refractivity contribution >= 4 is 39.1 Å². The Bertz CT molecular complexity index is 1260. The molecule has 6 nitrogen and oxygen atoms in total. The number of amides is 1. The number of carbonyl (C=O) groups excluding carboxylic acids is 1. The van der Waals surface area contributed by atoms with E-state index in [2.05, 4.69) is 18.7 Å². The molecule has 2 aromatic rings. The third-order valence-electron chi connectivity index (χ3n) is 7.19. The molecule has 1 aliphatic carbocycles. The van der Waals surface area contributed by atoms with Gasteiger partial charge in [0.1, 0.15) is 11.6 Å². The number of piperidine rings is 1. The molecule has 0 spiro atoms. The number of nitrogens with zero attached hydrogens (tertiary/aromatic N) is 1. The van der Waals surface area contributed by atoms with Crippen molar-refractivity contribution in [2.24, 2.45) is 5.41 Å². The summed E-state index contributed by atoms with van der Waals surface area (Å²) in [4.78, 5) is 14.7. The van der Waals surface area contributed by atoms with Gasteiger partial charge in [-0.2, -0.15) is 0 Å². The number of likely N-dealkylation sites (tertiary alicyclic amines) is 1. The largest absolute Gasteiger partial charge is 0.493 e. The minimum absolute atomic E-state index is 0.0858. The Balaban J connectivity index is 1.41. The molecule has 1 heterocycles. The van der Waals surface area contributed by atoms with E-state index >= 15 is 0 Å². The van der Waals surface area contributed by atoms with Crippen LogP contribution in [0.1, 0.15) is 73.0 Å². The van der Waals surface area contributed by atoms with Crippen LogP contribution >= 0.6 is 23.2 Å². The lowest BCUT2D eigenvalue weighted by atomic mass is 9.80. The van der Waals surface area contributed by atoms with E-state index < -0.39 is 21.7 Å². The van der Waals surface area contributed by atoms with Crippen molar-refractivity contribution in [3.8, 4) is 5.75 Å². The third-order valence-corrected chi connectivity index (χ3v) is 8.49. The van der Waals surface area contributed by atoms with Crippen LogP contribution in [-0.2, 0) is 10.0 Å². The Kier molecular flexibility index (Phi) is 7.91. The van der Waals surface area contributed by atoms with Gasteiger partial charge in [0.05, 0.1) is 28.5 Å². The molecule has 1 amide bonds. The fraction of sp³-hybridized carbons (Fsp3) is 0.500. The van der Waals surface area contributed by atoms with Crippen molar-refractivity contribution < 1.29 is 22.3 Å². The first-order valence-corrected chi connectivity index (χ1v) is 14.7. The minimum Gasteiger partial charge on any atom is -0.493 e. The summed E-state index contributed by atoms with van der Waals surface area (Å²) in [5.41, 5.74) is 1.50. The highest BCUT2D eigenvalue weighted by Gasteiger charge is 2.35. The van der Waals surface area contributed by atoms with E-state index in [0.29, 0.717) is 22.4 Å². The highest BCUT2D eigenvalue weighted by Crippen LogP contribution is 2.46. The van der Waals surface area contributed by atoms with Gasteiger partial charge in [-0.25, -0.2) is 17.5 Å². The lowest BCUT2D eigenvalue weighted by Gasteiger charge is -2.42. The van der Waals surface area contributed by atoms with Gasteiger partial charge < -0.3 is 4.74 Å². The van der Waals surface area contributed by atoms with Gasteiger partial charge in [0.25, 0.3) is 5.91 Å². The third kappa shape index (κ3) is 6.52. The monoisotopic (exact) mass is 556 g/mol. The summed E-state index contributed by atoms with van der Waals surface area (Å²) in [6.45, 7) is 6.53. The van der Waals surface area contributed by atoms with Crippen molar-refractivity contribution in [1.82, 2.24) is 9.62 Å². The summed E-state index contributed by atoms with van der Waals surface area (Å²) in [5, 5.41) is 1.09. The van der Waals surface area contributed by atoms with E-state index in [1.54, 1.807) is 0 Å². The number of sulfonamides is 1. The van der Waals surface area contributed by atoms with E-state index in [1.165, 1.54) is 12.1 Å². The maximum atomic E-state index is 14.8. The minimum atomic E-state index is -3.80. The zero-order valence-electron chi connectivity index (χ0n) is 20.6. The smallest absolute Gasteiger partial charge is 0.267 e. The lowest BCUT2D eigenvalue weighted by Crippen LogP contribution is -2.42. The van der Waals surface area contributed by atoms with Crippen LogP contribution in [0.4, 0.5) is 4.39 Å².